The minimum absolute atomic E-state index is 0.0325. The normalized spacial score (nSPS) is 12.3. The highest BCUT2D eigenvalue weighted by Crippen LogP contribution is 2.44. The number of hydrogen-bond acceptors (Lipinski definition) is 6. The van der Waals surface area contributed by atoms with Crippen molar-refractivity contribution in [1.82, 2.24) is 10.3 Å². The predicted molar refractivity (Wildman–Crippen MR) is 127 cm³/mol. The van der Waals surface area contributed by atoms with Crippen molar-refractivity contribution >= 4 is 24.0 Å². The number of pyridine rings is 1. The molecule has 7 nitrogen and oxygen atoms in total. The van der Waals surface area contributed by atoms with E-state index in [1.807, 2.05) is 30.3 Å². The highest BCUT2D eigenvalue weighted by Gasteiger charge is 2.28. The van der Waals surface area contributed by atoms with Gasteiger partial charge in [-0.15, -0.1) is 0 Å². The molecule has 3 aromatic rings. The van der Waals surface area contributed by atoms with Crippen LogP contribution in [-0.4, -0.2) is 37.3 Å². The van der Waals surface area contributed by atoms with Gasteiger partial charge < -0.3 is 20.5 Å². The van der Waals surface area contributed by atoms with Crippen molar-refractivity contribution in [3.63, 3.8) is 0 Å². The summed E-state index contributed by atoms with van der Waals surface area (Å²) in [5.41, 5.74) is 11.4. The van der Waals surface area contributed by atoms with E-state index in [1.165, 1.54) is 29.4 Å². The van der Waals surface area contributed by atoms with Crippen molar-refractivity contribution in [1.29, 1.82) is 0 Å². The third-order valence-corrected chi connectivity index (χ3v) is 5.58. The van der Waals surface area contributed by atoms with Crippen molar-refractivity contribution in [2.24, 2.45) is 0 Å². The lowest BCUT2D eigenvalue weighted by Gasteiger charge is -2.14. The Labute approximate surface area is 192 Å². The maximum Gasteiger partial charge on any atom is 0.407 e. The van der Waals surface area contributed by atoms with Crippen LogP contribution in [0.1, 0.15) is 39.4 Å². The Bertz CT molecular complexity index is 1160. The average Bonchev–Trinajstić information content (AvgIpc) is 3.16. The van der Waals surface area contributed by atoms with Gasteiger partial charge in [0.05, 0.1) is 7.11 Å². The lowest BCUT2D eigenvalue weighted by atomic mass is 9.98. The molecular formula is C26H25N3O4. The summed E-state index contributed by atoms with van der Waals surface area (Å²) in [5, 5.41) is 2.77. The number of carbonyl (C=O) groups excluding carboxylic acids is 2. The summed E-state index contributed by atoms with van der Waals surface area (Å²) in [6.07, 6.45) is 5.38. The molecule has 4 rings (SSSR count). The van der Waals surface area contributed by atoms with Crippen molar-refractivity contribution in [2.45, 2.75) is 12.3 Å². The van der Waals surface area contributed by atoms with Gasteiger partial charge in [-0.05, 0) is 40.3 Å². The van der Waals surface area contributed by atoms with Gasteiger partial charge in [-0.25, -0.2) is 14.6 Å². The monoisotopic (exact) mass is 443 g/mol. The van der Waals surface area contributed by atoms with Crippen LogP contribution in [0.25, 0.3) is 17.2 Å². The van der Waals surface area contributed by atoms with Crippen LogP contribution in [0.4, 0.5) is 10.6 Å². The van der Waals surface area contributed by atoms with E-state index in [-0.39, 0.29) is 23.9 Å². The summed E-state index contributed by atoms with van der Waals surface area (Å²) >= 11 is 0. The molecule has 168 valence electrons. The zero-order valence-electron chi connectivity index (χ0n) is 18.3. The lowest BCUT2D eigenvalue weighted by Crippen LogP contribution is -2.26. The Balaban J connectivity index is 1.27. The fourth-order valence-corrected chi connectivity index (χ4v) is 3.98. The number of nitrogens with zero attached hydrogens (tertiary/aromatic N) is 1. The van der Waals surface area contributed by atoms with Gasteiger partial charge in [0.2, 0.25) is 0 Å². The summed E-state index contributed by atoms with van der Waals surface area (Å²) in [7, 11) is 1.29. The fraction of sp³-hybridized carbons (Fsp3) is 0.192. The number of amides is 1. The fourth-order valence-electron chi connectivity index (χ4n) is 3.98. The van der Waals surface area contributed by atoms with Gasteiger partial charge in [0, 0.05) is 18.7 Å². The van der Waals surface area contributed by atoms with E-state index >= 15 is 0 Å². The number of alkyl carbamates (subject to hydrolysis) is 1. The minimum Gasteiger partial charge on any atom is -0.465 e. The molecule has 0 aliphatic heterocycles. The van der Waals surface area contributed by atoms with E-state index in [0.29, 0.717) is 18.5 Å². The van der Waals surface area contributed by atoms with Gasteiger partial charge in [-0.1, -0.05) is 60.7 Å². The lowest BCUT2D eigenvalue weighted by molar-refractivity contribution is 0.0601. The Morgan fingerprint density at radius 3 is 2.42 bits per heavy atom. The number of benzene rings is 2. The maximum absolute atomic E-state index is 12.2. The van der Waals surface area contributed by atoms with Gasteiger partial charge in [-0.2, -0.15) is 0 Å². The molecule has 1 aliphatic carbocycles. The highest BCUT2D eigenvalue weighted by atomic mass is 16.5. The molecule has 1 heterocycles. The Kier molecular flexibility index (Phi) is 6.69. The van der Waals surface area contributed by atoms with E-state index in [0.717, 1.165) is 0 Å². The van der Waals surface area contributed by atoms with E-state index in [1.54, 1.807) is 18.3 Å². The molecule has 0 fully saturated rings. The number of aromatic nitrogens is 1. The molecule has 33 heavy (non-hydrogen) atoms. The van der Waals surface area contributed by atoms with Crippen LogP contribution in [0.3, 0.4) is 0 Å². The molecule has 1 aliphatic rings. The number of nitrogen functional groups attached to an aromatic ring is 1. The highest BCUT2D eigenvalue weighted by molar-refractivity contribution is 5.94. The number of esters is 1. The molecule has 2 aromatic carbocycles. The number of nitrogens with two attached hydrogens (primary N) is 1. The molecule has 0 unspecified atom stereocenters. The van der Waals surface area contributed by atoms with Crippen LogP contribution in [0.5, 0.6) is 0 Å². The Hall–Kier alpha value is -4.13. The molecule has 0 spiro atoms. The van der Waals surface area contributed by atoms with Crippen molar-refractivity contribution in [2.75, 3.05) is 26.0 Å². The van der Waals surface area contributed by atoms with Gasteiger partial charge in [0.25, 0.3) is 0 Å². The predicted octanol–water partition coefficient (Wildman–Crippen LogP) is 4.39. The summed E-state index contributed by atoms with van der Waals surface area (Å²) in [6, 6.07) is 18.1. The van der Waals surface area contributed by atoms with E-state index in [2.05, 4.69) is 34.6 Å². The molecular weight excluding hydrogens is 418 g/mol. The van der Waals surface area contributed by atoms with Crippen LogP contribution >= 0.6 is 0 Å². The summed E-state index contributed by atoms with van der Waals surface area (Å²) < 4.78 is 10.2. The van der Waals surface area contributed by atoms with Crippen LogP contribution in [0.2, 0.25) is 0 Å². The number of anilines is 1. The average molecular weight is 444 g/mol. The summed E-state index contributed by atoms with van der Waals surface area (Å²) in [5.74, 6) is -0.381. The van der Waals surface area contributed by atoms with E-state index in [9.17, 15) is 9.59 Å². The molecule has 1 aromatic heterocycles. The SMILES string of the molecule is COC(=O)c1cc(C=CCCNC(=O)OCC2c3ccccc3-c3ccccc32)cnc1N. The molecule has 1 amide bonds. The van der Waals surface area contributed by atoms with Gasteiger partial charge >= 0.3 is 12.1 Å². The second-order valence-electron chi connectivity index (χ2n) is 7.64. The van der Waals surface area contributed by atoms with Crippen molar-refractivity contribution in [3.05, 3.63) is 89.1 Å². The van der Waals surface area contributed by atoms with Crippen molar-refractivity contribution in [3.8, 4) is 11.1 Å². The Morgan fingerprint density at radius 2 is 1.76 bits per heavy atom. The molecule has 3 N–H and O–H groups in total. The second kappa shape index (κ2) is 9.99. The topological polar surface area (TPSA) is 104 Å². The maximum atomic E-state index is 12.2. The van der Waals surface area contributed by atoms with E-state index in [4.69, 9.17) is 15.2 Å². The van der Waals surface area contributed by atoms with Crippen LogP contribution in [0, 0.1) is 0 Å². The molecule has 0 saturated carbocycles. The number of rotatable bonds is 7. The smallest absolute Gasteiger partial charge is 0.407 e. The van der Waals surface area contributed by atoms with Crippen LogP contribution < -0.4 is 11.1 Å². The van der Waals surface area contributed by atoms with Crippen LogP contribution in [0.15, 0.2) is 66.9 Å². The van der Waals surface area contributed by atoms with Gasteiger partial charge in [-0.3, -0.25) is 0 Å². The molecule has 0 atom stereocenters. The van der Waals surface area contributed by atoms with E-state index < -0.39 is 12.1 Å². The van der Waals surface area contributed by atoms with Crippen molar-refractivity contribution < 1.29 is 19.1 Å². The van der Waals surface area contributed by atoms with Crippen LogP contribution in [-0.2, 0) is 9.47 Å². The minimum atomic E-state index is -0.535. The molecule has 0 bridgehead atoms. The first-order valence-corrected chi connectivity index (χ1v) is 10.7. The summed E-state index contributed by atoms with van der Waals surface area (Å²) in [4.78, 5) is 27.9. The number of hydrogen-bond donors (Lipinski definition) is 2. The largest absolute Gasteiger partial charge is 0.465 e. The first-order chi connectivity index (χ1) is 16.1. The first-order valence-electron chi connectivity index (χ1n) is 10.7. The molecule has 0 saturated heterocycles. The van der Waals surface area contributed by atoms with Gasteiger partial charge in [0.1, 0.15) is 18.0 Å². The number of methoxy groups -OCH3 is 1. The standard InChI is InChI=1S/C26H25N3O4/c1-32-25(30)22-14-17(15-29-24(22)27)8-6-7-13-28-26(31)33-16-23-20-11-4-2-9-18(20)19-10-3-5-12-21(19)23/h2-6,8-12,14-15,23H,7,13,16H2,1H3,(H2,27,29)(H,28,31). The summed E-state index contributed by atoms with van der Waals surface area (Å²) in [6.45, 7) is 0.697. The molecule has 0 radical (unpaired) electrons. The number of nitrogens with one attached hydrogen (secondary N) is 1. The number of carbonyl (C=O) groups is 2. The van der Waals surface area contributed by atoms with Gasteiger partial charge in [0.15, 0.2) is 0 Å². The number of fused-ring (bicyclic) bond motifs is 3. The third-order valence-electron chi connectivity index (χ3n) is 5.58. The first kappa shape index (κ1) is 22.1. The number of ether oxygens (including phenoxy) is 2. The molecule has 7 heteroatoms. The quantitative estimate of drug-likeness (QED) is 0.415. The Morgan fingerprint density at radius 1 is 1.09 bits per heavy atom. The third kappa shape index (κ3) is 4.87. The zero-order chi connectivity index (χ0) is 23.2. The second-order valence-corrected chi connectivity index (χ2v) is 7.64. The zero-order valence-corrected chi connectivity index (χ0v) is 18.3.